The molecule has 156 valence electrons. The van der Waals surface area contributed by atoms with E-state index in [4.69, 9.17) is 0 Å². The lowest BCUT2D eigenvalue weighted by molar-refractivity contribution is 0.0949. The lowest BCUT2D eigenvalue weighted by atomic mass is 10.1. The fourth-order valence-electron chi connectivity index (χ4n) is 3.22. The standard InChI is InChI=1S/C23H18F2N4O2/c24-20-7-6-16(10-21(20)25)14-29-8-2-5-19(23(29)31)22(30)26-11-15-3-1-4-17(9-15)18-12-27-28-13-18/h1-10,12-13H,11,14H2,(H,26,30)(H,27,28). The summed E-state index contributed by atoms with van der Waals surface area (Å²) >= 11 is 0. The molecule has 1 amide bonds. The second kappa shape index (κ2) is 8.74. The van der Waals surface area contributed by atoms with Crippen LogP contribution < -0.4 is 10.9 Å². The molecule has 0 aliphatic carbocycles. The molecule has 2 N–H and O–H groups in total. The van der Waals surface area contributed by atoms with Crippen LogP contribution in [0.5, 0.6) is 0 Å². The minimum atomic E-state index is -0.989. The molecule has 2 aromatic carbocycles. The second-order valence-electron chi connectivity index (χ2n) is 6.97. The summed E-state index contributed by atoms with van der Waals surface area (Å²) in [5.41, 5.74) is 2.61. The SMILES string of the molecule is O=C(NCc1cccc(-c2cn[nH]c2)c1)c1cccn(Cc2ccc(F)c(F)c2)c1=O. The number of carbonyl (C=O) groups excluding carboxylic acids is 1. The third-order valence-corrected chi connectivity index (χ3v) is 4.81. The van der Waals surface area contributed by atoms with Gasteiger partial charge >= 0.3 is 0 Å². The zero-order valence-electron chi connectivity index (χ0n) is 16.3. The van der Waals surface area contributed by atoms with Crippen molar-refractivity contribution in [2.75, 3.05) is 0 Å². The van der Waals surface area contributed by atoms with Crippen LogP contribution >= 0.6 is 0 Å². The second-order valence-corrected chi connectivity index (χ2v) is 6.97. The number of aromatic nitrogens is 3. The van der Waals surface area contributed by atoms with E-state index in [-0.39, 0.29) is 18.7 Å². The summed E-state index contributed by atoms with van der Waals surface area (Å²) in [7, 11) is 0. The summed E-state index contributed by atoms with van der Waals surface area (Å²) in [6, 6.07) is 14.0. The predicted molar refractivity (Wildman–Crippen MR) is 111 cm³/mol. The maximum absolute atomic E-state index is 13.4. The van der Waals surface area contributed by atoms with E-state index in [2.05, 4.69) is 15.5 Å². The van der Waals surface area contributed by atoms with Crippen molar-refractivity contribution >= 4 is 5.91 Å². The molecule has 0 saturated heterocycles. The van der Waals surface area contributed by atoms with Gasteiger partial charge in [0.05, 0.1) is 12.7 Å². The Morgan fingerprint density at radius 2 is 1.87 bits per heavy atom. The summed E-state index contributed by atoms with van der Waals surface area (Å²) in [6.45, 7) is 0.256. The molecule has 2 aromatic heterocycles. The Hall–Kier alpha value is -4.07. The van der Waals surface area contributed by atoms with E-state index < -0.39 is 23.1 Å². The molecule has 31 heavy (non-hydrogen) atoms. The van der Waals surface area contributed by atoms with Gasteiger partial charge in [-0.25, -0.2) is 8.78 Å². The molecule has 0 saturated carbocycles. The van der Waals surface area contributed by atoms with Crippen LogP contribution in [0.25, 0.3) is 11.1 Å². The number of halogens is 2. The fraction of sp³-hybridized carbons (Fsp3) is 0.0870. The third kappa shape index (κ3) is 4.58. The van der Waals surface area contributed by atoms with E-state index in [0.717, 1.165) is 28.8 Å². The Kier molecular flexibility index (Phi) is 5.70. The Morgan fingerprint density at radius 3 is 2.65 bits per heavy atom. The largest absolute Gasteiger partial charge is 0.348 e. The molecule has 0 bridgehead atoms. The van der Waals surface area contributed by atoms with Crippen molar-refractivity contribution in [3.63, 3.8) is 0 Å². The lowest BCUT2D eigenvalue weighted by Gasteiger charge is -2.10. The van der Waals surface area contributed by atoms with E-state index in [1.807, 2.05) is 24.3 Å². The number of carbonyl (C=O) groups is 1. The highest BCUT2D eigenvalue weighted by atomic mass is 19.2. The van der Waals surface area contributed by atoms with Crippen molar-refractivity contribution in [3.8, 4) is 11.1 Å². The van der Waals surface area contributed by atoms with Crippen LogP contribution in [0.1, 0.15) is 21.5 Å². The molecular formula is C23H18F2N4O2. The first kappa shape index (κ1) is 20.2. The molecule has 0 aliphatic rings. The molecule has 6 nitrogen and oxygen atoms in total. The number of nitrogens with zero attached hydrogens (tertiary/aromatic N) is 2. The zero-order valence-corrected chi connectivity index (χ0v) is 16.3. The van der Waals surface area contributed by atoms with Gasteiger partial charge in [0.15, 0.2) is 11.6 Å². The minimum Gasteiger partial charge on any atom is -0.348 e. The molecule has 0 spiro atoms. The molecule has 4 rings (SSSR count). The first-order valence-corrected chi connectivity index (χ1v) is 9.51. The Bertz CT molecular complexity index is 1280. The van der Waals surface area contributed by atoms with Crippen molar-refractivity contribution in [2.45, 2.75) is 13.1 Å². The van der Waals surface area contributed by atoms with E-state index in [1.54, 1.807) is 18.5 Å². The number of H-pyrrole nitrogens is 1. The van der Waals surface area contributed by atoms with Gasteiger partial charge < -0.3 is 9.88 Å². The normalized spacial score (nSPS) is 10.8. The summed E-state index contributed by atoms with van der Waals surface area (Å²) < 4.78 is 27.8. The predicted octanol–water partition coefficient (Wildman–Crippen LogP) is 3.49. The van der Waals surface area contributed by atoms with Crippen molar-refractivity contribution in [1.29, 1.82) is 0 Å². The Labute approximate surface area is 176 Å². The average Bonchev–Trinajstić information content (AvgIpc) is 3.31. The van der Waals surface area contributed by atoms with Gasteiger partial charge in [-0.2, -0.15) is 5.10 Å². The van der Waals surface area contributed by atoms with Gasteiger partial charge in [-0.1, -0.05) is 24.3 Å². The molecule has 4 aromatic rings. The van der Waals surface area contributed by atoms with E-state index in [0.29, 0.717) is 5.56 Å². The molecule has 0 radical (unpaired) electrons. The zero-order chi connectivity index (χ0) is 21.8. The van der Waals surface area contributed by atoms with Crippen LogP contribution in [-0.4, -0.2) is 20.7 Å². The fourth-order valence-corrected chi connectivity index (χ4v) is 3.22. The number of aromatic amines is 1. The molecule has 0 fully saturated rings. The molecule has 8 heteroatoms. The summed E-state index contributed by atoms with van der Waals surface area (Å²) in [4.78, 5) is 25.3. The van der Waals surface area contributed by atoms with E-state index in [9.17, 15) is 18.4 Å². The number of hydrogen-bond donors (Lipinski definition) is 2. The maximum Gasteiger partial charge on any atom is 0.263 e. The maximum atomic E-state index is 13.4. The number of rotatable bonds is 6. The first-order chi connectivity index (χ1) is 15.0. The minimum absolute atomic E-state index is 0.0178. The van der Waals surface area contributed by atoms with Crippen LogP contribution in [0.3, 0.4) is 0 Å². The van der Waals surface area contributed by atoms with Gasteiger partial charge in [0.1, 0.15) is 5.56 Å². The Balaban J connectivity index is 1.48. The van der Waals surface area contributed by atoms with Gasteiger partial charge in [-0.15, -0.1) is 0 Å². The van der Waals surface area contributed by atoms with Crippen molar-refractivity contribution in [3.05, 3.63) is 112 Å². The molecule has 0 atom stereocenters. The van der Waals surface area contributed by atoms with Crippen LogP contribution in [0.4, 0.5) is 8.78 Å². The number of nitrogens with one attached hydrogen (secondary N) is 2. The van der Waals surface area contributed by atoms with Crippen LogP contribution in [0.15, 0.2) is 78.0 Å². The smallest absolute Gasteiger partial charge is 0.263 e. The quantitative estimate of drug-likeness (QED) is 0.501. The van der Waals surface area contributed by atoms with Gasteiger partial charge in [-0.05, 0) is 47.0 Å². The highest BCUT2D eigenvalue weighted by Gasteiger charge is 2.13. The van der Waals surface area contributed by atoms with E-state index in [1.165, 1.54) is 22.9 Å². The van der Waals surface area contributed by atoms with Crippen molar-refractivity contribution in [1.82, 2.24) is 20.1 Å². The number of benzene rings is 2. The monoisotopic (exact) mass is 420 g/mol. The third-order valence-electron chi connectivity index (χ3n) is 4.81. The number of amides is 1. The molecule has 0 aliphatic heterocycles. The average molecular weight is 420 g/mol. The van der Waals surface area contributed by atoms with Crippen molar-refractivity contribution < 1.29 is 13.6 Å². The lowest BCUT2D eigenvalue weighted by Crippen LogP contribution is -2.32. The summed E-state index contributed by atoms with van der Waals surface area (Å²) in [5.74, 6) is -2.46. The highest BCUT2D eigenvalue weighted by Crippen LogP contribution is 2.18. The van der Waals surface area contributed by atoms with Gasteiger partial charge in [0, 0.05) is 24.5 Å². The van der Waals surface area contributed by atoms with Crippen molar-refractivity contribution in [2.24, 2.45) is 0 Å². The molecular weight excluding hydrogens is 402 g/mol. The first-order valence-electron chi connectivity index (χ1n) is 9.51. The summed E-state index contributed by atoms with van der Waals surface area (Å²) in [6.07, 6.45) is 4.98. The number of pyridine rings is 1. The number of hydrogen-bond acceptors (Lipinski definition) is 3. The highest BCUT2D eigenvalue weighted by molar-refractivity contribution is 5.93. The van der Waals surface area contributed by atoms with Crippen LogP contribution in [0.2, 0.25) is 0 Å². The Morgan fingerprint density at radius 1 is 1.00 bits per heavy atom. The molecule has 0 unspecified atom stereocenters. The van der Waals surface area contributed by atoms with Gasteiger partial charge in [-0.3, -0.25) is 14.7 Å². The molecule has 2 heterocycles. The summed E-state index contributed by atoms with van der Waals surface area (Å²) in [5, 5.41) is 9.44. The van der Waals surface area contributed by atoms with Crippen LogP contribution in [-0.2, 0) is 13.1 Å². The van der Waals surface area contributed by atoms with Gasteiger partial charge in [0.25, 0.3) is 11.5 Å². The van der Waals surface area contributed by atoms with E-state index >= 15 is 0 Å². The topological polar surface area (TPSA) is 79.8 Å². The van der Waals surface area contributed by atoms with Crippen LogP contribution in [0, 0.1) is 11.6 Å². The van der Waals surface area contributed by atoms with Gasteiger partial charge in [0.2, 0.25) is 0 Å².